The Hall–Kier alpha value is -1.19. The lowest BCUT2D eigenvalue weighted by atomic mass is 9.76. The molecule has 0 bridgehead atoms. The Morgan fingerprint density at radius 1 is 1.41 bits per heavy atom. The fraction of sp³-hybridized carbons (Fsp3) is 0.429. The van der Waals surface area contributed by atoms with Crippen LogP contribution in [0.3, 0.4) is 0 Å². The Morgan fingerprint density at radius 3 is 2.35 bits per heavy atom. The lowest BCUT2D eigenvalue weighted by Gasteiger charge is -2.34. The van der Waals surface area contributed by atoms with Crippen LogP contribution in [0.1, 0.15) is 32.8 Å². The number of benzene rings is 1. The molecule has 0 aliphatic heterocycles. The van der Waals surface area contributed by atoms with Crippen LogP contribution in [0.25, 0.3) is 0 Å². The smallest absolute Gasteiger partial charge is 0.123 e. The van der Waals surface area contributed by atoms with Gasteiger partial charge in [0, 0.05) is 11.5 Å². The number of hydrogen-bond donors (Lipinski definition) is 2. The summed E-state index contributed by atoms with van der Waals surface area (Å²) in [6, 6.07) is 6.64. The quantitative estimate of drug-likeness (QED) is 0.468. The molecule has 1 unspecified atom stereocenters. The molecule has 0 radical (unpaired) electrons. The second-order valence-corrected chi connectivity index (χ2v) is 5.11. The number of hydrogen-bond acceptors (Lipinski definition) is 2. The first-order chi connectivity index (χ1) is 7.87. The minimum absolute atomic E-state index is 0.0745. The highest BCUT2D eigenvalue weighted by Gasteiger charge is 2.30. The van der Waals surface area contributed by atoms with Gasteiger partial charge in [-0.05, 0) is 31.0 Å². The first-order valence-corrected chi connectivity index (χ1v) is 5.74. The topological polar surface area (TPSA) is 38.0 Å². The minimum Gasteiger partial charge on any atom is -0.271 e. The van der Waals surface area contributed by atoms with Crippen LogP contribution in [0.15, 0.2) is 36.4 Å². The largest absolute Gasteiger partial charge is 0.271 e. The predicted molar refractivity (Wildman–Crippen MR) is 70.0 cm³/mol. The summed E-state index contributed by atoms with van der Waals surface area (Å²) in [5.74, 6) is 5.39. The van der Waals surface area contributed by atoms with E-state index in [1.807, 2.05) is 6.92 Å². The van der Waals surface area contributed by atoms with Crippen molar-refractivity contribution in [3.8, 4) is 0 Å². The number of halogens is 1. The standard InChI is InChI=1S/C14H21FN2/c1-10(2)9-13(17-16)14(3,4)11-5-7-12(15)8-6-11/h5-8,13,17H,1,9,16H2,2-4H3. The van der Waals surface area contributed by atoms with Gasteiger partial charge in [-0.3, -0.25) is 11.3 Å². The van der Waals surface area contributed by atoms with Gasteiger partial charge in [-0.1, -0.05) is 31.6 Å². The summed E-state index contributed by atoms with van der Waals surface area (Å²) in [7, 11) is 0. The molecule has 1 atom stereocenters. The van der Waals surface area contributed by atoms with Crippen molar-refractivity contribution in [2.75, 3.05) is 0 Å². The van der Waals surface area contributed by atoms with E-state index in [2.05, 4.69) is 25.9 Å². The zero-order valence-electron chi connectivity index (χ0n) is 10.8. The summed E-state index contributed by atoms with van der Waals surface area (Å²) in [5.41, 5.74) is 4.78. The monoisotopic (exact) mass is 236 g/mol. The van der Waals surface area contributed by atoms with Crippen LogP contribution in [0.5, 0.6) is 0 Å². The molecule has 0 spiro atoms. The molecule has 2 nitrogen and oxygen atoms in total. The average Bonchev–Trinajstić information content (AvgIpc) is 2.26. The Balaban J connectivity index is 2.98. The summed E-state index contributed by atoms with van der Waals surface area (Å²) >= 11 is 0. The van der Waals surface area contributed by atoms with Gasteiger partial charge >= 0.3 is 0 Å². The fourth-order valence-corrected chi connectivity index (χ4v) is 1.95. The molecule has 0 aliphatic carbocycles. The number of nitrogens with one attached hydrogen (secondary N) is 1. The van der Waals surface area contributed by atoms with E-state index in [-0.39, 0.29) is 17.3 Å². The molecule has 3 N–H and O–H groups in total. The molecule has 0 heterocycles. The Morgan fingerprint density at radius 2 is 1.94 bits per heavy atom. The molecule has 0 aliphatic rings. The summed E-state index contributed by atoms with van der Waals surface area (Å²) in [6.07, 6.45) is 0.793. The predicted octanol–water partition coefficient (Wildman–Crippen LogP) is 2.90. The highest BCUT2D eigenvalue weighted by molar-refractivity contribution is 5.27. The average molecular weight is 236 g/mol. The van der Waals surface area contributed by atoms with E-state index >= 15 is 0 Å². The molecule has 0 saturated carbocycles. The van der Waals surface area contributed by atoms with Crippen molar-refractivity contribution in [2.45, 2.75) is 38.6 Å². The molecule has 1 aromatic rings. The normalized spacial score (nSPS) is 13.5. The number of nitrogens with two attached hydrogens (primary N) is 1. The molecule has 0 amide bonds. The van der Waals surface area contributed by atoms with Gasteiger partial charge in [-0.25, -0.2) is 4.39 Å². The molecule has 0 fully saturated rings. The van der Waals surface area contributed by atoms with Gasteiger partial charge in [-0.15, -0.1) is 6.58 Å². The van der Waals surface area contributed by atoms with Gasteiger partial charge in [0.05, 0.1) is 0 Å². The van der Waals surface area contributed by atoms with Crippen LogP contribution in [0.2, 0.25) is 0 Å². The molecule has 94 valence electrons. The summed E-state index contributed by atoms with van der Waals surface area (Å²) in [5, 5.41) is 0. The van der Waals surface area contributed by atoms with Gasteiger partial charge < -0.3 is 0 Å². The molecule has 0 saturated heterocycles. The number of hydrazine groups is 1. The lowest BCUT2D eigenvalue weighted by molar-refractivity contribution is 0.341. The molecule has 3 heteroatoms. The van der Waals surface area contributed by atoms with E-state index in [0.29, 0.717) is 0 Å². The minimum atomic E-state index is -0.221. The summed E-state index contributed by atoms with van der Waals surface area (Å²) in [4.78, 5) is 0. The highest BCUT2D eigenvalue weighted by atomic mass is 19.1. The van der Waals surface area contributed by atoms with Crippen molar-refractivity contribution in [3.63, 3.8) is 0 Å². The second-order valence-electron chi connectivity index (χ2n) is 5.11. The maximum atomic E-state index is 12.9. The van der Waals surface area contributed by atoms with E-state index in [1.54, 1.807) is 12.1 Å². The van der Waals surface area contributed by atoms with E-state index in [0.717, 1.165) is 17.6 Å². The maximum absolute atomic E-state index is 12.9. The molecule has 17 heavy (non-hydrogen) atoms. The van der Waals surface area contributed by atoms with Crippen LogP contribution in [-0.4, -0.2) is 6.04 Å². The van der Waals surface area contributed by atoms with Crippen LogP contribution >= 0.6 is 0 Å². The maximum Gasteiger partial charge on any atom is 0.123 e. The second kappa shape index (κ2) is 5.43. The Bertz CT molecular complexity index is 382. The van der Waals surface area contributed by atoms with Crippen molar-refractivity contribution in [1.82, 2.24) is 5.43 Å². The third-order valence-electron chi connectivity index (χ3n) is 3.21. The molecule has 1 rings (SSSR count). The zero-order valence-corrected chi connectivity index (χ0v) is 10.8. The van der Waals surface area contributed by atoms with Crippen LogP contribution in [0.4, 0.5) is 4.39 Å². The SMILES string of the molecule is C=C(C)CC(NN)C(C)(C)c1ccc(F)cc1. The van der Waals surface area contributed by atoms with Gasteiger partial charge in [-0.2, -0.15) is 0 Å². The number of rotatable bonds is 5. The van der Waals surface area contributed by atoms with Gasteiger partial charge in [0.1, 0.15) is 5.82 Å². The summed E-state index contributed by atoms with van der Waals surface area (Å²) in [6.45, 7) is 10.1. The highest BCUT2D eigenvalue weighted by Crippen LogP contribution is 2.29. The van der Waals surface area contributed by atoms with Crippen LogP contribution in [0, 0.1) is 5.82 Å². The van der Waals surface area contributed by atoms with Crippen LogP contribution < -0.4 is 11.3 Å². The third kappa shape index (κ3) is 3.38. The molecular weight excluding hydrogens is 215 g/mol. The van der Waals surface area contributed by atoms with E-state index in [1.165, 1.54) is 12.1 Å². The Kier molecular flexibility index (Phi) is 4.43. The third-order valence-corrected chi connectivity index (χ3v) is 3.21. The van der Waals surface area contributed by atoms with Crippen LogP contribution in [-0.2, 0) is 5.41 Å². The summed E-state index contributed by atoms with van der Waals surface area (Å²) < 4.78 is 12.9. The molecule has 1 aromatic carbocycles. The fourth-order valence-electron chi connectivity index (χ4n) is 1.95. The lowest BCUT2D eigenvalue weighted by Crippen LogP contribution is -2.48. The van der Waals surface area contributed by atoms with E-state index in [9.17, 15) is 4.39 Å². The van der Waals surface area contributed by atoms with E-state index in [4.69, 9.17) is 5.84 Å². The molecular formula is C14H21FN2. The molecule has 0 aromatic heterocycles. The Labute approximate surface area is 103 Å². The first kappa shape index (κ1) is 13.9. The van der Waals surface area contributed by atoms with Gasteiger partial charge in [0.25, 0.3) is 0 Å². The zero-order chi connectivity index (χ0) is 13.1. The van der Waals surface area contributed by atoms with Gasteiger partial charge in [0.2, 0.25) is 0 Å². The van der Waals surface area contributed by atoms with Crippen molar-refractivity contribution >= 4 is 0 Å². The van der Waals surface area contributed by atoms with Crippen molar-refractivity contribution in [2.24, 2.45) is 5.84 Å². The van der Waals surface area contributed by atoms with Gasteiger partial charge in [0.15, 0.2) is 0 Å². The van der Waals surface area contributed by atoms with E-state index < -0.39 is 0 Å². The van der Waals surface area contributed by atoms with Crippen molar-refractivity contribution < 1.29 is 4.39 Å². The first-order valence-electron chi connectivity index (χ1n) is 5.74. The van der Waals surface area contributed by atoms with Crippen molar-refractivity contribution in [3.05, 3.63) is 47.8 Å². The van der Waals surface area contributed by atoms with Crippen molar-refractivity contribution in [1.29, 1.82) is 0 Å².